The number of hydrogen-bond donors (Lipinski definition) is 1. The molecule has 1 fully saturated rings. The quantitative estimate of drug-likeness (QED) is 0.675. The summed E-state index contributed by atoms with van der Waals surface area (Å²) in [4.78, 5) is 36.9. The number of aryl methyl sites for hydroxylation is 2. The molecule has 7 heteroatoms. The molecule has 2 aromatic rings. The summed E-state index contributed by atoms with van der Waals surface area (Å²) >= 11 is 0. The molecule has 0 spiro atoms. The van der Waals surface area contributed by atoms with Gasteiger partial charge in [-0.2, -0.15) is 0 Å². The van der Waals surface area contributed by atoms with Crippen molar-refractivity contribution in [3.63, 3.8) is 0 Å². The van der Waals surface area contributed by atoms with Gasteiger partial charge in [0.15, 0.2) is 0 Å². The Labute approximate surface area is 150 Å². The van der Waals surface area contributed by atoms with Gasteiger partial charge in [0.2, 0.25) is 11.8 Å². The number of nitrogens with one attached hydrogen (secondary N) is 1. The lowest BCUT2D eigenvalue weighted by molar-refractivity contribution is -0.384. The predicted molar refractivity (Wildman–Crippen MR) is 98.1 cm³/mol. The van der Waals surface area contributed by atoms with E-state index in [1.165, 1.54) is 12.1 Å². The average Bonchev–Trinajstić information content (AvgIpc) is 2.98. The minimum atomic E-state index is -0.506. The number of rotatable bonds is 4. The van der Waals surface area contributed by atoms with Crippen LogP contribution in [0.2, 0.25) is 0 Å². The van der Waals surface area contributed by atoms with Gasteiger partial charge in [0.05, 0.1) is 16.5 Å². The Hall–Kier alpha value is -3.22. The van der Waals surface area contributed by atoms with Gasteiger partial charge in [0, 0.05) is 30.8 Å². The summed E-state index contributed by atoms with van der Waals surface area (Å²) < 4.78 is 0. The average molecular weight is 353 g/mol. The number of carbonyl (C=O) groups excluding carboxylic acids is 2. The Kier molecular flexibility index (Phi) is 4.71. The second kappa shape index (κ2) is 6.95. The molecule has 1 saturated heterocycles. The van der Waals surface area contributed by atoms with Crippen LogP contribution in [0.1, 0.15) is 17.5 Å². The Bertz CT molecular complexity index is 894. The minimum absolute atomic E-state index is 0.0882. The Morgan fingerprint density at radius 1 is 1.23 bits per heavy atom. The summed E-state index contributed by atoms with van der Waals surface area (Å²) in [5, 5.41) is 13.6. The molecule has 3 rings (SSSR count). The number of nitro benzene ring substituents is 1. The first-order valence-electron chi connectivity index (χ1n) is 8.28. The van der Waals surface area contributed by atoms with E-state index >= 15 is 0 Å². The van der Waals surface area contributed by atoms with Gasteiger partial charge in [-0.25, -0.2) is 0 Å². The molecule has 2 aromatic carbocycles. The molecule has 0 saturated carbocycles. The smallest absolute Gasteiger partial charge is 0.271 e. The molecule has 0 unspecified atom stereocenters. The van der Waals surface area contributed by atoms with Crippen molar-refractivity contribution in [2.75, 3.05) is 16.8 Å². The van der Waals surface area contributed by atoms with Crippen LogP contribution in [0.4, 0.5) is 17.1 Å². The van der Waals surface area contributed by atoms with E-state index < -0.39 is 10.8 Å². The third kappa shape index (κ3) is 3.56. The number of amides is 2. The molecular weight excluding hydrogens is 334 g/mol. The maximum Gasteiger partial charge on any atom is 0.271 e. The van der Waals surface area contributed by atoms with Crippen molar-refractivity contribution in [3.05, 3.63) is 63.7 Å². The van der Waals surface area contributed by atoms with E-state index in [1.807, 2.05) is 31.2 Å². The van der Waals surface area contributed by atoms with Crippen LogP contribution in [-0.4, -0.2) is 23.3 Å². The van der Waals surface area contributed by atoms with Crippen LogP contribution in [0.15, 0.2) is 42.5 Å². The molecule has 7 nitrogen and oxygen atoms in total. The highest BCUT2D eigenvalue weighted by molar-refractivity contribution is 6.03. The fourth-order valence-electron chi connectivity index (χ4n) is 3.02. The highest BCUT2D eigenvalue weighted by Crippen LogP contribution is 2.28. The van der Waals surface area contributed by atoms with Gasteiger partial charge in [-0.3, -0.25) is 19.7 Å². The number of carbonyl (C=O) groups is 2. The molecule has 0 aromatic heterocycles. The lowest BCUT2D eigenvalue weighted by Gasteiger charge is -2.17. The van der Waals surface area contributed by atoms with Gasteiger partial charge in [0.1, 0.15) is 0 Å². The Morgan fingerprint density at radius 2 is 2.00 bits per heavy atom. The summed E-state index contributed by atoms with van der Waals surface area (Å²) in [6, 6.07) is 11.9. The predicted octanol–water partition coefficient (Wildman–Crippen LogP) is 3.20. The molecular formula is C19H19N3O4. The van der Waals surface area contributed by atoms with Crippen LogP contribution >= 0.6 is 0 Å². The molecule has 1 atom stereocenters. The number of nitro groups is 1. The SMILES string of the molecule is Cc1cccc(N2C[C@@H](C(=O)Nc3cc([N+](=O)[O-])ccc3C)CC2=O)c1. The van der Waals surface area contributed by atoms with Crippen molar-refractivity contribution in [2.45, 2.75) is 20.3 Å². The van der Waals surface area contributed by atoms with Crippen LogP contribution in [0.25, 0.3) is 0 Å². The molecule has 1 aliphatic rings. The van der Waals surface area contributed by atoms with E-state index in [0.717, 1.165) is 16.8 Å². The molecule has 2 amide bonds. The first-order chi connectivity index (χ1) is 12.3. The van der Waals surface area contributed by atoms with Crippen LogP contribution in [-0.2, 0) is 9.59 Å². The van der Waals surface area contributed by atoms with Crippen molar-refractivity contribution in [1.29, 1.82) is 0 Å². The molecule has 0 aliphatic carbocycles. The van der Waals surface area contributed by atoms with E-state index in [4.69, 9.17) is 0 Å². The zero-order chi connectivity index (χ0) is 18.8. The van der Waals surface area contributed by atoms with Gasteiger partial charge in [0.25, 0.3) is 5.69 Å². The van der Waals surface area contributed by atoms with Gasteiger partial charge in [-0.05, 0) is 37.1 Å². The van der Waals surface area contributed by atoms with Gasteiger partial charge >= 0.3 is 0 Å². The molecule has 0 bridgehead atoms. The third-order valence-electron chi connectivity index (χ3n) is 4.50. The van der Waals surface area contributed by atoms with Crippen LogP contribution < -0.4 is 10.2 Å². The molecule has 0 radical (unpaired) electrons. The zero-order valence-electron chi connectivity index (χ0n) is 14.6. The second-order valence-electron chi connectivity index (χ2n) is 6.49. The first-order valence-corrected chi connectivity index (χ1v) is 8.28. The molecule has 1 heterocycles. The van der Waals surface area contributed by atoms with Crippen LogP contribution in [0.3, 0.4) is 0 Å². The third-order valence-corrected chi connectivity index (χ3v) is 4.50. The Morgan fingerprint density at radius 3 is 2.69 bits per heavy atom. The number of non-ortho nitro benzene ring substituents is 1. The van der Waals surface area contributed by atoms with Gasteiger partial charge in [-0.1, -0.05) is 18.2 Å². The minimum Gasteiger partial charge on any atom is -0.325 e. The topological polar surface area (TPSA) is 92.6 Å². The van der Waals surface area contributed by atoms with E-state index in [0.29, 0.717) is 12.2 Å². The maximum atomic E-state index is 12.6. The number of benzene rings is 2. The number of hydrogen-bond acceptors (Lipinski definition) is 4. The van der Waals surface area contributed by atoms with E-state index in [-0.39, 0.29) is 23.9 Å². The molecule has 26 heavy (non-hydrogen) atoms. The standard InChI is InChI=1S/C19H19N3O4/c1-12-4-3-5-15(8-12)21-11-14(9-18(21)23)19(24)20-17-10-16(22(25)26)7-6-13(17)2/h3-8,10,14H,9,11H2,1-2H3,(H,20,24)/t14-/m0/s1. The summed E-state index contributed by atoms with van der Waals surface area (Å²) in [5.74, 6) is -0.912. The largest absolute Gasteiger partial charge is 0.325 e. The summed E-state index contributed by atoms with van der Waals surface area (Å²) in [6.07, 6.45) is 0.119. The normalized spacial score (nSPS) is 16.6. The van der Waals surface area contributed by atoms with E-state index in [1.54, 1.807) is 17.9 Å². The summed E-state index contributed by atoms with van der Waals surface area (Å²) in [5.41, 5.74) is 2.84. The zero-order valence-corrected chi connectivity index (χ0v) is 14.6. The first kappa shape index (κ1) is 17.6. The van der Waals surface area contributed by atoms with Crippen LogP contribution in [0, 0.1) is 29.9 Å². The molecule has 1 N–H and O–H groups in total. The highest BCUT2D eigenvalue weighted by atomic mass is 16.6. The van der Waals surface area contributed by atoms with Crippen molar-refractivity contribution < 1.29 is 14.5 Å². The summed E-state index contributed by atoms with van der Waals surface area (Å²) in [6.45, 7) is 4.00. The summed E-state index contributed by atoms with van der Waals surface area (Å²) in [7, 11) is 0. The lowest BCUT2D eigenvalue weighted by Crippen LogP contribution is -2.28. The van der Waals surface area contributed by atoms with E-state index in [2.05, 4.69) is 5.32 Å². The Balaban J connectivity index is 1.75. The van der Waals surface area contributed by atoms with Crippen molar-refractivity contribution in [3.8, 4) is 0 Å². The van der Waals surface area contributed by atoms with Gasteiger partial charge < -0.3 is 10.2 Å². The van der Waals surface area contributed by atoms with Crippen LogP contribution in [0.5, 0.6) is 0 Å². The van der Waals surface area contributed by atoms with E-state index in [9.17, 15) is 19.7 Å². The monoisotopic (exact) mass is 353 g/mol. The number of nitrogens with zero attached hydrogens (tertiary/aromatic N) is 2. The number of anilines is 2. The highest BCUT2D eigenvalue weighted by Gasteiger charge is 2.35. The second-order valence-corrected chi connectivity index (χ2v) is 6.49. The molecule has 1 aliphatic heterocycles. The lowest BCUT2D eigenvalue weighted by atomic mass is 10.1. The van der Waals surface area contributed by atoms with Crippen molar-refractivity contribution in [2.24, 2.45) is 5.92 Å². The fourth-order valence-corrected chi connectivity index (χ4v) is 3.02. The van der Waals surface area contributed by atoms with Crippen molar-refractivity contribution in [1.82, 2.24) is 0 Å². The van der Waals surface area contributed by atoms with Gasteiger partial charge in [-0.15, -0.1) is 0 Å². The van der Waals surface area contributed by atoms with Crippen molar-refractivity contribution >= 4 is 28.9 Å². The maximum absolute atomic E-state index is 12.6. The fraction of sp³-hybridized carbons (Fsp3) is 0.263. The molecule has 134 valence electrons.